The van der Waals surface area contributed by atoms with Crippen molar-refractivity contribution in [1.29, 1.82) is 0 Å². The average molecular weight is 265 g/mol. The fraction of sp³-hybridized carbons (Fsp3) is 0.308. The summed E-state index contributed by atoms with van der Waals surface area (Å²) in [6.45, 7) is 2.08. The fourth-order valence-corrected chi connectivity index (χ4v) is 2.66. The zero-order valence-electron chi connectivity index (χ0n) is 10.1. The van der Waals surface area contributed by atoms with E-state index >= 15 is 0 Å². The molecular weight excluding hydrogens is 250 g/mol. The van der Waals surface area contributed by atoms with Gasteiger partial charge in [0.05, 0.1) is 5.52 Å². The van der Waals surface area contributed by atoms with Crippen LogP contribution >= 0.6 is 0 Å². The first-order chi connectivity index (χ1) is 8.52. The Morgan fingerprint density at radius 2 is 2.11 bits per heavy atom. The van der Waals surface area contributed by atoms with E-state index in [4.69, 9.17) is 0 Å². The number of nitrogens with zero attached hydrogens (tertiary/aromatic N) is 1. The Hall–Kier alpha value is -1.46. The van der Waals surface area contributed by atoms with Crippen LogP contribution in [-0.4, -0.2) is 18.0 Å². The molecule has 0 radical (unpaired) electrons. The van der Waals surface area contributed by atoms with Crippen molar-refractivity contribution in [2.45, 2.75) is 31.1 Å². The molecule has 0 aliphatic rings. The molecule has 1 heterocycles. The predicted molar refractivity (Wildman–Crippen MR) is 70.2 cm³/mol. The maximum absolute atomic E-state index is 11.4. The Morgan fingerprint density at radius 3 is 2.78 bits per heavy atom. The number of fused-ring (bicyclic) bond motifs is 1. The van der Waals surface area contributed by atoms with E-state index in [1.54, 1.807) is 12.1 Å². The number of benzene rings is 1. The van der Waals surface area contributed by atoms with Crippen LogP contribution in [0.1, 0.15) is 25.3 Å². The summed E-state index contributed by atoms with van der Waals surface area (Å²) in [5.74, 6) is 0. The van der Waals surface area contributed by atoms with E-state index in [0.717, 1.165) is 30.2 Å². The lowest BCUT2D eigenvalue weighted by Gasteiger charge is -2.07. The molecule has 2 aromatic rings. The summed E-state index contributed by atoms with van der Waals surface area (Å²) in [5, 5.41) is 0.735. The molecule has 0 spiro atoms. The largest absolute Gasteiger partial charge is 0.296 e. The van der Waals surface area contributed by atoms with Gasteiger partial charge in [-0.05, 0) is 36.6 Å². The van der Waals surface area contributed by atoms with Crippen molar-refractivity contribution in [2.24, 2.45) is 0 Å². The molecule has 0 aliphatic heterocycles. The highest BCUT2D eigenvalue weighted by molar-refractivity contribution is 7.86. The third-order valence-corrected chi connectivity index (χ3v) is 3.69. The normalized spacial score (nSPS) is 11.9. The molecule has 18 heavy (non-hydrogen) atoms. The predicted octanol–water partition coefficient (Wildman–Crippen LogP) is 2.82. The Morgan fingerprint density at radius 1 is 1.33 bits per heavy atom. The zero-order chi connectivity index (χ0) is 13.2. The first-order valence-corrected chi connectivity index (χ1v) is 7.31. The molecule has 0 saturated carbocycles. The minimum absolute atomic E-state index is 0.105. The fourth-order valence-electron chi connectivity index (χ4n) is 1.94. The highest BCUT2D eigenvalue weighted by Gasteiger charge is 2.16. The Labute approximate surface area is 106 Å². The van der Waals surface area contributed by atoms with Crippen molar-refractivity contribution in [2.75, 3.05) is 0 Å². The van der Waals surface area contributed by atoms with Crippen LogP contribution in [0.3, 0.4) is 0 Å². The van der Waals surface area contributed by atoms with Crippen molar-refractivity contribution in [3.63, 3.8) is 0 Å². The third kappa shape index (κ3) is 2.68. The molecular formula is C13H15NO3S. The van der Waals surface area contributed by atoms with Crippen molar-refractivity contribution in [1.82, 2.24) is 4.98 Å². The maximum Gasteiger partial charge on any atom is 0.296 e. The highest BCUT2D eigenvalue weighted by Crippen LogP contribution is 2.23. The number of unbranched alkanes of at least 4 members (excludes halogenated alkanes) is 1. The first kappa shape index (κ1) is 13.0. The molecule has 1 aromatic carbocycles. The molecule has 0 saturated heterocycles. The van der Waals surface area contributed by atoms with Gasteiger partial charge in [-0.25, -0.2) is 0 Å². The van der Waals surface area contributed by atoms with Gasteiger partial charge < -0.3 is 0 Å². The summed E-state index contributed by atoms with van der Waals surface area (Å²) in [5.41, 5.74) is 1.23. The zero-order valence-corrected chi connectivity index (χ0v) is 10.9. The van der Waals surface area contributed by atoms with Gasteiger partial charge in [0, 0.05) is 11.6 Å². The number of aromatic nitrogens is 1. The van der Waals surface area contributed by atoms with Crippen LogP contribution in [-0.2, 0) is 16.5 Å². The second-order valence-electron chi connectivity index (χ2n) is 4.25. The van der Waals surface area contributed by atoms with E-state index in [2.05, 4.69) is 11.9 Å². The lowest BCUT2D eigenvalue weighted by atomic mass is 10.1. The SMILES string of the molecule is CCCCc1cc(S(=O)(=O)O)c2ncccc2c1. The van der Waals surface area contributed by atoms with Crippen LogP contribution in [0.5, 0.6) is 0 Å². The molecule has 5 heteroatoms. The van der Waals surface area contributed by atoms with E-state index in [9.17, 15) is 13.0 Å². The average Bonchev–Trinajstić information content (AvgIpc) is 2.34. The van der Waals surface area contributed by atoms with Gasteiger partial charge in [0.1, 0.15) is 4.90 Å². The number of rotatable bonds is 4. The standard InChI is InChI=1S/C13H15NO3S/c1-2-3-5-10-8-11-6-4-7-14-13(11)12(9-10)18(15,16)17/h4,6-9H,2-3,5H2,1H3,(H,15,16,17). The topological polar surface area (TPSA) is 67.3 Å². The Bertz CT molecular complexity index is 665. The summed E-state index contributed by atoms with van der Waals surface area (Å²) in [4.78, 5) is 3.92. The summed E-state index contributed by atoms with van der Waals surface area (Å²) in [6.07, 6.45) is 4.33. The van der Waals surface area contributed by atoms with Crippen molar-refractivity contribution < 1.29 is 13.0 Å². The Kier molecular flexibility index (Phi) is 3.63. The van der Waals surface area contributed by atoms with Gasteiger partial charge in [-0.1, -0.05) is 19.4 Å². The van der Waals surface area contributed by atoms with Crippen molar-refractivity contribution in [3.8, 4) is 0 Å². The van der Waals surface area contributed by atoms with E-state index in [1.807, 2.05) is 6.07 Å². The number of hydrogen-bond donors (Lipinski definition) is 1. The number of pyridine rings is 1. The lowest BCUT2D eigenvalue weighted by Crippen LogP contribution is -2.02. The third-order valence-electron chi connectivity index (χ3n) is 2.83. The quantitative estimate of drug-likeness (QED) is 0.863. The van der Waals surface area contributed by atoms with Gasteiger partial charge in [-0.2, -0.15) is 8.42 Å². The van der Waals surface area contributed by atoms with Crippen molar-refractivity contribution in [3.05, 3.63) is 36.0 Å². The van der Waals surface area contributed by atoms with Gasteiger partial charge in [-0.3, -0.25) is 9.54 Å². The van der Waals surface area contributed by atoms with Gasteiger partial charge in [-0.15, -0.1) is 0 Å². The molecule has 0 amide bonds. The van der Waals surface area contributed by atoms with E-state index in [-0.39, 0.29) is 4.90 Å². The molecule has 0 aliphatic carbocycles. The molecule has 0 atom stereocenters. The van der Waals surface area contributed by atoms with E-state index < -0.39 is 10.1 Å². The minimum Gasteiger partial charge on any atom is -0.282 e. The summed E-state index contributed by atoms with van der Waals surface area (Å²) < 4.78 is 32.0. The summed E-state index contributed by atoms with van der Waals surface area (Å²) >= 11 is 0. The lowest BCUT2D eigenvalue weighted by molar-refractivity contribution is 0.484. The van der Waals surface area contributed by atoms with Crippen LogP contribution in [0, 0.1) is 0 Å². The van der Waals surface area contributed by atoms with Crippen LogP contribution in [0.25, 0.3) is 10.9 Å². The van der Waals surface area contributed by atoms with Gasteiger partial charge in [0.2, 0.25) is 0 Å². The van der Waals surface area contributed by atoms with Crippen LogP contribution in [0.15, 0.2) is 35.4 Å². The summed E-state index contributed by atoms with van der Waals surface area (Å²) in [6, 6.07) is 6.99. The second kappa shape index (κ2) is 5.04. The summed E-state index contributed by atoms with van der Waals surface area (Å²) in [7, 11) is -4.24. The maximum atomic E-state index is 11.4. The molecule has 1 N–H and O–H groups in total. The van der Waals surface area contributed by atoms with Crippen LogP contribution < -0.4 is 0 Å². The van der Waals surface area contributed by atoms with Gasteiger partial charge in [0.15, 0.2) is 0 Å². The Balaban J connectivity index is 2.65. The van der Waals surface area contributed by atoms with Crippen LogP contribution in [0.2, 0.25) is 0 Å². The van der Waals surface area contributed by atoms with Gasteiger partial charge >= 0.3 is 0 Å². The first-order valence-electron chi connectivity index (χ1n) is 5.87. The van der Waals surface area contributed by atoms with E-state index in [1.165, 1.54) is 12.3 Å². The molecule has 1 aromatic heterocycles. The minimum atomic E-state index is -4.24. The molecule has 0 unspecified atom stereocenters. The van der Waals surface area contributed by atoms with E-state index in [0.29, 0.717) is 5.52 Å². The molecule has 2 rings (SSSR count). The van der Waals surface area contributed by atoms with Crippen molar-refractivity contribution >= 4 is 21.0 Å². The number of aryl methyl sites for hydroxylation is 1. The van der Waals surface area contributed by atoms with Gasteiger partial charge in [0.25, 0.3) is 10.1 Å². The molecule has 0 fully saturated rings. The van der Waals surface area contributed by atoms with Crippen LogP contribution in [0.4, 0.5) is 0 Å². The molecule has 96 valence electrons. The number of hydrogen-bond acceptors (Lipinski definition) is 3. The monoisotopic (exact) mass is 265 g/mol. The molecule has 0 bridgehead atoms. The molecule has 4 nitrogen and oxygen atoms in total. The second-order valence-corrected chi connectivity index (χ2v) is 5.64. The smallest absolute Gasteiger partial charge is 0.282 e. The highest BCUT2D eigenvalue weighted by atomic mass is 32.2.